The number of hydrogen-bond acceptors (Lipinski definition) is 12. The fraction of sp³-hybridized carbons (Fsp3) is 0.559. The lowest BCUT2D eigenvalue weighted by molar-refractivity contribution is -0.136. The number of amides is 3. The van der Waals surface area contributed by atoms with Crippen molar-refractivity contribution in [3.05, 3.63) is 77.4 Å². The van der Waals surface area contributed by atoms with Crippen molar-refractivity contribution in [2.24, 2.45) is 16.7 Å². The number of anilines is 2. The summed E-state index contributed by atoms with van der Waals surface area (Å²) in [6.45, 7) is 14.7. The molecule has 7 fully saturated rings. The smallest absolute Gasteiger partial charge is 0.317 e. The van der Waals surface area contributed by atoms with Gasteiger partial charge in [0.15, 0.2) is 5.82 Å². The number of fused-ring (bicyclic) bond motifs is 5. The number of rotatable bonds is 12. The van der Waals surface area contributed by atoms with E-state index in [9.17, 15) is 19.5 Å². The van der Waals surface area contributed by atoms with Crippen molar-refractivity contribution < 1.29 is 28.6 Å². The molecule has 3 N–H and O–H groups in total. The number of nitrogens with one attached hydrogen (secondary N) is 2. The van der Waals surface area contributed by atoms with Gasteiger partial charge >= 0.3 is 6.01 Å². The SMILES string of the molecule is CCc1cccc2cc(O)cc(-c3ncc4c(C5CC6CCC(C5)N6)nc(OCC5(CN6CCC7(CC6)CC(CN6CCN(c8ccc9c(c8)C(C)(C)C(=O)N9C8CCC(=O)NC8=O)CC6)C7)CC5)nc4c3F)c12. The summed E-state index contributed by atoms with van der Waals surface area (Å²) < 4.78 is 23.9. The number of piperidine rings is 3. The van der Waals surface area contributed by atoms with Crippen LogP contribution in [0.15, 0.2) is 54.7 Å². The van der Waals surface area contributed by atoms with Gasteiger partial charge in [-0.3, -0.25) is 34.5 Å². The average molecular weight is 1000 g/mol. The van der Waals surface area contributed by atoms with E-state index in [1.165, 1.54) is 25.7 Å². The number of hydrogen-bond donors (Lipinski definition) is 3. The van der Waals surface area contributed by atoms with Crippen molar-refractivity contribution in [1.29, 1.82) is 0 Å². The molecule has 2 saturated carbocycles. The maximum Gasteiger partial charge on any atom is 0.317 e. The van der Waals surface area contributed by atoms with Crippen LogP contribution in [0.5, 0.6) is 11.8 Å². The number of aromatic hydroxyl groups is 1. The van der Waals surface area contributed by atoms with E-state index in [0.29, 0.717) is 41.5 Å². The first kappa shape index (κ1) is 47.9. The Bertz CT molecular complexity index is 3070. The van der Waals surface area contributed by atoms with E-state index < -0.39 is 23.2 Å². The first-order chi connectivity index (χ1) is 35.7. The van der Waals surface area contributed by atoms with E-state index in [0.717, 1.165) is 142 Å². The number of phenolic OH excluding ortho intramolecular Hbond substituents is 1. The van der Waals surface area contributed by atoms with Crippen LogP contribution in [0.25, 0.3) is 32.9 Å². The minimum atomic E-state index is -0.760. The number of likely N-dealkylation sites (tertiary alicyclic amines) is 1. The first-order valence-corrected chi connectivity index (χ1v) is 27.8. The number of halogens is 1. The standard InChI is InChI=1S/C59H70FN9O5/c1-4-36-6-5-7-37-26-42(70)28-43(49(36)37)52-50(60)53-44(31-61-52)51(38-24-39-8-9-40(25-38)62-39)64-56(65-53)74-34-59(14-15-59)33-67-18-16-58(17-19-67)29-35(30-58)32-66-20-22-68(23-21-66)41-10-11-46-45(27-41)57(2,3)55(73)69(46)47-12-13-48(71)63-54(47)72/h5-7,10-11,26-28,31,35,38-40,47,62,70H,4,8-9,12-25,29-30,32-34H2,1-3H3,(H,63,71,72). The summed E-state index contributed by atoms with van der Waals surface area (Å²) in [5, 5.41) is 19.4. The summed E-state index contributed by atoms with van der Waals surface area (Å²) in [4.78, 5) is 62.5. The van der Waals surface area contributed by atoms with Crippen LogP contribution in [-0.4, -0.2) is 125 Å². The average Bonchev–Trinajstić information content (AvgIpc) is 4.03. The van der Waals surface area contributed by atoms with Gasteiger partial charge in [-0.15, -0.1) is 0 Å². The lowest BCUT2D eigenvalue weighted by Crippen LogP contribution is -2.55. The monoisotopic (exact) mass is 1000 g/mol. The zero-order valence-electron chi connectivity index (χ0n) is 43.2. The second-order valence-corrected chi connectivity index (χ2v) is 24.3. The molecule has 2 aliphatic carbocycles. The van der Waals surface area contributed by atoms with Crippen molar-refractivity contribution in [1.82, 2.24) is 35.4 Å². The number of phenols is 1. The number of carbonyl (C=O) groups excluding carboxylic acids is 3. The summed E-state index contributed by atoms with van der Waals surface area (Å²) in [5.74, 6) is -0.314. The van der Waals surface area contributed by atoms with Gasteiger partial charge in [0.25, 0.3) is 0 Å². The fourth-order valence-electron chi connectivity index (χ4n) is 14.7. The van der Waals surface area contributed by atoms with Gasteiger partial charge in [0, 0.05) is 97.6 Å². The lowest BCUT2D eigenvalue weighted by atomic mass is 9.57. The number of ether oxygens (including phenoxy) is 1. The van der Waals surface area contributed by atoms with Gasteiger partial charge < -0.3 is 25.0 Å². The molecule has 3 atom stereocenters. The van der Waals surface area contributed by atoms with Crippen LogP contribution in [0.2, 0.25) is 0 Å². The largest absolute Gasteiger partial charge is 0.508 e. The highest BCUT2D eigenvalue weighted by atomic mass is 19.1. The Morgan fingerprint density at radius 2 is 1.65 bits per heavy atom. The number of aromatic nitrogens is 3. The van der Waals surface area contributed by atoms with Crippen molar-refractivity contribution in [2.45, 2.75) is 134 Å². The number of carbonyl (C=O) groups is 3. The summed E-state index contributed by atoms with van der Waals surface area (Å²) in [6.07, 6.45) is 14.6. The molecule has 13 rings (SSSR count). The zero-order valence-corrected chi connectivity index (χ0v) is 43.2. The number of piperazine rings is 1. The molecule has 15 heteroatoms. The number of imide groups is 1. The van der Waals surface area contributed by atoms with Crippen LogP contribution in [0.4, 0.5) is 15.8 Å². The number of nitrogens with zero attached hydrogens (tertiary/aromatic N) is 7. The Balaban J connectivity index is 0.627. The van der Waals surface area contributed by atoms with Crippen LogP contribution < -0.4 is 25.2 Å². The third kappa shape index (κ3) is 8.49. The minimum absolute atomic E-state index is 0.0453. The molecule has 3 amide bonds. The molecule has 2 bridgehead atoms. The molecule has 8 aliphatic rings. The molecular weight excluding hydrogens is 934 g/mol. The molecule has 5 saturated heterocycles. The van der Waals surface area contributed by atoms with Crippen LogP contribution in [0, 0.1) is 22.6 Å². The third-order valence-electron chi connectivity index (χ3n) is 19.1. The van der Waals surface area contributed by atoms with E-state index in [4.69, 9.17) is 19.7 Å². The molecule has 388 valence electrons. The molecule has 2 aromatic heterocycles. The van der Waals surface area contributed by atoms with Crippen molar-refractivity contribution >= 4 is 50.8 Å². The molecule has 1 spiro atoms. The van der Waals surface area contributed by atoms with Gasteiger partial charge in [-0.2, -0.15) is 9.97 Å². The van der Waals surface area contributed by atoms with Gasteiger partial charge in [0.1, 0.15) is 23.0 Å². The summed E-state index contributed by atoms with van der Waals surface area (Å²) >= 11 is 0. The molecule has 0 radical (unpaired) electrons. The molecule has 8 heterocycles. The van der Waals surface area contributed by atoms with Crippen LogP contribution >= 0.6 is 0 Å². The molecule has 3 unspecified atom stereocenters. The summed E-state index contributed by atoms with van der Waals surface area (Å²) in [7, 11) is 0. The van der Waals surface area contributed by atoms with Crippen molar-refractivity contribution in [2.75, 3.05) is 68.8 Å². The molecule has 74 heavy (non-hydrogen) atoms. The molecule has 14 nitrogen and oxygen atoms in total. The van der Waals surface area contributed by atoms with E-state index in [2.05, 4.69) is 50.5 Å². The van der Waals surface area contributed by atoms with Crippen LogP contribution in [0.1, 0.15) is 121 Å². The minimum Gasteiger partial charge on any atom is -0.508 e. The van der Waals surface area contributed by atoms with Crippen LogP contribution in [0.3, 0.4) is 0 Å². The van der Waals surface area contributed by atoms with Gasteiger partial charge in [-0.1, -0.05) is 25.1 Å². The first-order valence-electron chi connectivity index (χ1n) is 27.8. The highest BCUT2D eigenvalue weighted by Crippen LogP contribution is 2.55. The van der Waals surface area contributed by atoms with E-state index >= 15 is 4.39 Å². The Morgan fingerprint density at radius 3 is 2.38 bits per heavy atom. The van der Waals surface area contributed by atoms with E-state index in [-0.39, 0.29) is 52.5 Å². The van der Waals surface area contributed by atoms with Gasteiger partial charge in [0.05, 0.1) is 17.7 Å². The van der Waals surface area contributed by atoms with Gasteiger partial charge in [-0.25, -0.2) is 4.39 Å². The maximum atomic E-state index is 17.2. The van der Waals surface area contributed by atoms with E-state index in [1.54, 1.807) is 23.2 Å². The van der Waals surface area contributed by atoms with Gasteiger partial charge in [0.2, 0.25) is 17.7 Å². The Kier molecular flexibility index (Phi) is 11.8. The Hall–Kier alpha value is -5.77. The van der Waals surface area contributed by atoms with Crippen LogP contribution in [-0.2, 0) is 26.2 Å². The summed E-state index contributed by atoms with van der Waals surface area (Å²) in [5.41, 5.74) is 5.47. The Labute approximate surface area is 432 Å². The fourth-order valence-corrected chi connectivity index (χ4v) is 14.7. The predicted molar refractivity (Wildman–Crippen MR) is 283 cm³/mol. The number of pyridine rings is 1. The molecular formula is C59H70FN9O5. The second-order valence-electron chi connectivity index (χ2n) is 24.3. The van der Waals surface area contributed by atoms with Crippen molar-refractivity contribution in [3.63, 3.8) is 0 Å². The maximum absolute atomic E-state index is 17.2. The molecule has 3 aromatic carbocycles. The topological polar surface area (TPSA) is 156 Å². The quantitative estimate of drug-likeness (QED) is 0.103. The molecule has 6 aliphatic heterocycles. The number of benzene rings is 3. The van der Waals surface area contributed by atoms with Crippen molar-refractivity contribution in [3.8, 4) is 23.0 Å². The Morgan fingerprint density at radius 1 is 0.878 bits per heavy atom. The number of aryl methyl sites for hydroxylation is 1. The second kappa shape index (κ2) is 18.2. The normalized spacial score (nSPS) is 26.5. The predicted octanol–water partition coefficient (Wildman–Crippen LogP) is 8.15. The zero-order chi connectivity index (χ0) is 50.7. The highest BCUT2D eigenvalue weighted by molar-refractivity contribution is 6.14. The lowest BCUT2D eigenvalue weighted by Gasteiger charge is -2.54. The third-order valence-corrected chi connectivity index (χ3v) is 19.1. The summed E-state index contributed by atoms with van der Waals surface area (Å²) in [6, 6.07) is 16.0. The van der Waals surface area contributed by atoms with Gasteiger partial charge in [-0.05, 0) is 168 Å². The highest BCUT2D eigenvalue weighted by Gasteiger charge is 2.51. The van der Waals surface area contributed by atoms with E-state index in [1.807, 2.05) is 32.0 Å². The molecule has 5 aromatic rings.